The summed E-state index contributed by atoms with van der Waals surface area (Å²) in [5.74, 6) is 0.782. The van der Waals surface area contributed by atoms with E-state index >= 15 is 0 Å². The van der Waals surface area contributed by atoms with Gasteiger partial charge in [0.1, 0.15) is 0 Å². The Morgan fingerprint density at radius 3 is 2.47 bits per heavy atom. The molecule has 3 heteroatoms. The van der Waals surface area contributed by atoms with Crippen LogP contribution in [0.2, 0.25) is 0 Å². The zero-order valence-corrected chi connectivity index (χ0v) is 13.3. The summed E-state index contributed by atoms with van der Waals surface area (Å²) in [6, 6.07) is 8.60. The SMILES string of the molecule is Cc1ccccc1NC(=S)NC(C)CCCC(C)C. The summed E-state index contributed by atoms with van der Waals surface area (Å²) in [6.45, 7) is 8.80. The van der Waals surface area contributed by atoms with Crippen molar-refractivity contribution in [3.05, 3.63) is 29.8 Å². The Labute approximate surface area is 123 Å². The fraction of sp³-hybridized carbons (Fsp3) is 0.562. The topological polar surface area (TPSA) is 24.1 Å². The van der Waals surface area contributed by atoms with Gasteiger partial charge in [-0.3, -0.25) is 0 Å². The molecule has 0 aliphatic heterocycles. The molecule has 2 N–H and O–H groups in total. The number of para-hydroxylation sites is 1. The van der Waals surface area contributed by atoms with Crippen molar-refractivity contribution < 1.29 is 0 Å². The second kappa shape index (κ2) is 8.16. The Bertz CT molecular complexity index is 401. The third-order valence-corrected chi connectivity index (χ3v) is 3.41. The van der Waals surface area contributed by atoms with Gasteiger partial charge in [-0.15, -0.1) is 0 Å². The Morgan fingerprint density at radius 1 is 1.16 bits per heavy atom. The second-order valence-corrected chi connectivity index (χ2v) is 6.05. The fourth-order valence-corrected chi connectivity index (χ4v) is 2.31. The largest absolute Gasteiger partial charge is 0.360 e. The van der Waals surface area contributed by atoms with Crippen molar-refractivity contribution in [2.45, 2.75) is 53.0 Å². The van der Waals surface area contributed by atoms with Gasteiger partial charge in [0.2, 0.25) is 0 Å². The van der Waals surface area contributed by atoms with Crippen LogP contribution in [0.4, 0.5) is 5.69 Å². The molecule has 1 atom stereocenters. The fourth-order valence-electron chi connectivity index (χ4n) is 2.00. The van der Waals surface area contributed by atoms with E-state index in [0.717, 1.165) is 18.0 Å². The van der Waals surface area contributed by atoms with Crippen molar-refractivity contribution >= 4 is 23.0 Å². The highest BCUT2D eigenvalue weighted by atomic mass is 32.1. The van der Waals surface area contributed by atoms with E-state index < -0.39 is 0 Å². The number of hydrogen-bond donors (Lipinski definition) is 2. The van der Waals surface area contributed by atoms with Crippen molar-refractivity contribution in [3.63, 3.8) is 0 Å². The third-order valence-electron chi connectivity index (χ3n) is 3.19. The number of hydrogen-bond acceptors (Lipinski definition) is 1. The lowest BCUT2D eigenvalue weighted by Crippen LogP contribution is -2.36. The van der Waals surface area contributed by atoms with Crippen molar-refractivity contribution in [2.75, 3.05) is 5.32 Å². The summed E-state index contributed by atoms with van der Waals surface area (Å²) in [5, 5.41) is 7.32. The first-order valence-corrected chi connectivity index (χ1v) is 7.53. The molecule has 1 aromatic carbocycles. The van der Waals surface area contributed by atoms with E-state index in [1.807, 2.05) is 18.2 Å². The van der Waals surface area contributed by atoms with E-state index in [0.29, 0.717) is 11.2 Å². The minimum absolute atomic E-state index is 0.419. The maximum absolute atomic E-state index is 5.35. The number of anilines is 1. The van der Waals surface area contributed by atoms with Gasteiger partial charge in [0.25, 0.3) is 0 Å². The Morgan fingerprint density at radius 2 is 1.84 bits per heavy atom. The molecule has 0 fully saturated rings. The lowest BCUT2D eigenvalue weighted by atomic mass is 10.0. The zero-order valence-electron chi connectivity index (χ0n) is 12.5. The number of benzene rings is 1. The molecular weight excluding hydrogens is 252 g/mol. The predicted molar refractivity (Wildman–Crippen MR) is 88.7 cm³/mol. The lowest BCUT2D eigenvalue weighted by Gasteiger charge is -2.18. The van der Waals surface area contributed by atoms with Crippen LogP contribution in [-0.4, -0.2) is 11.2 Å². The number of thiocarbonyl (C=S) groups is 1. The highest BCUT2D eigenvalue weighted by Gasteiger charge is 2.06. The van der Waals surface area contributed by atoms with Crippen molar-refractivity contribution in [1.82, 2.24) is 5.32 Å². The Balaban J connectivity index is 2.33. The van der Waals surface area contributed by atoms with Crippen LogP contribution in [-0.2, 0) is 0 Å². The molecule has 106 valence electrons. The minimum atomic E-state index is 0.419. The summed E-state index contributed by atoms with van der Waals surface area (Å²) < 4.78 is 0. The summed E-state index contributed by atoms with van der Waals surface area (Å²) >= 11 is 5.35. The normalized spacial score (nSPS) is 12.3. The Kier molecular flexibility index (Phi) is 6.85. The van der Waals surface area contributed by atoms with Gasteiger partial charge >= 0.3 is 0 Å². The molecular formula is C16H26N2S. The number of rotatable bonds is 6. The summed E-state index contributed by atoms with van der Waals surface area (Å²) in [4.78, 5) is 0. The van der Waals surface area contributed by atoms with Crippen LogP contribution >= 0.6 is 12.2 Å². The van der Waals surface area contributed by atoms with Gasteiger partial charge in [-0.25, -0.2) is 0 Å². The van der Waals surface area contributed by atoms with Crippen LogP contribution in [0, 0.1) is 12.8 Å². The van der Waals surface area contributed by atoms with E-state index in [9.17, 15) is 0 Å². The molecule has 0 radical (unpaired) electrons. The van der Waals surface area contributed by atoms with Crippen molar-refractivity contribution in [2.24, 2.45) is 5.92 Å². The molecule has 0 saturated carbocycles. The quantitative estimate of drug-likeness (QED) is 0.749. The molecule has 19 heavy (non-hydrogen) atoms. The average molecular weight is 278 g/mol. The predicted octanol–water partition coefficient (Wildman–Crippen LogP) is 4.50. The van der Waals surface area contributed by atoms with Gasteiger partial charge < -0.3 is 10.6 Å². The highest BCUT2D eigenvalue weighted by Crippen LogP contribution is 2.13. The van der Waals surface area contributed by atoms with Gasteiger partial charge in [0, 0.05) is 11.7 Å². The monoisotopic (exact) mass is 278 g/mol. The molecule has 0 aliphatic carbocycles. The van der Waals surface area contributed by atoms with Gasteiger partial charge in [0.05, 0.1) is 0 Å². The third kappa shape index (κ3) is 6.58. The van der Waals surface area contributed by atoms with E-state index in [1.165, 1.54) is 18.4 Å². The molecule has 0 bridgehead atoms. The number of aryl methyl sites for hydroxylation is 1. The van der Waals surface area contributed by atoms with Crippen LogP contribution < -0.4 is 10.6 Å². The maximum Gasteiger partial charge on any atom is 0.170 e. The summed E-state index contributed by atoms with van der Waals surface area (Å²) in [7, 11) is 0. The molecule has 2 nitrogen and oxygen atoms in total. The maximum atomic E-state index is 5.35. The van der Waals surface area contributed by atoms with E-state index in [-0.39, 0.29) is 0 Å². The molecule has 1 rings (SSSR count). The van der Waals surface area contributed by atoms with Crippen LogP contribution in [0.3, 0.4) is 0 Å². The highest BCUT2D eigenvalue weighted by molar-refractivity contribution is 7.80. The van der Waals surface area contributed by atoms with E-state index in [4.69, 9.17) is 12.2 Å². The molecule has 0 saturated heterocycles. The lowest BCUT2D eigenvalue weighted by molar-refractivity contribution is 0.495. The smallest absolute Gasteiger partial charge is 0.170 e. The number of nitrogens with one attached hydrogen (secondary N) is 2. The zero-order chi connectivity index (χ0) is 14.3. The summed E-state index contributed by atoms with van der Waals surface area (Å²) in [6.07, 6.45) is 3.69. The molecule has 0 aliphatic rings. The Hall–Kier alpha value is -1.09. The van der Waals surface area contributed by atoms with E-state index in [1.54, 1.807) is 0 Å². The standard InChI is InChI=1S/C16H26N2S/c1-12(2)8-7-10-14(4)17-16(19)18-15-11-6-5-9-13(15)3/h5-6,9,11-12,14H,7-8,10H2,1-4H3,(H2,17,18,19). The molecule has 1 aromatic rings. The van der Waals surface area contributed by atoms with Crippen LogP contribution in [0.15, 0.2) is 24.3 Å². The van der Waals surface area contributed by atoms with Crippen molar-refractivity contribution in [3.8, 4) is 0 Å². The first kappa shape index (κ1) is 16.0. The van der Waals surface area contributed by atoms with E-state index in [2.05, 4.69) is 44.4 Å². The molecule has 0 aromatic heterocycles. The van der Waals surface area contributed by atoms with Crippen LogP contribution in [0.1, 0.15) is 45.6 Å². The first-order chi connectivity index (χ1) is 8.99. The summed E-state index contributed by atoms with van der Waals surface area (Å²) in [5.41, 5.74) is 2.29. The van der Waals surface area contributed by atoms with Crippen LogP contribution in [0.25, 0.3) is 0 Å². The molecule has 0 spiro atoms. The van der Waals surface area contributed by atoms with Crippen molar-refractivity contribution in [1.29, 1.82) is 0 Å². The molecule has 0 amide bonds. The van der Waals surface area contributed by atoms with Gasteiger partial charge in [0.15, 0.2) is 5.11 Å². The minimum Gasteiger partial charge on any atom is -0.360 e. The molecule has 1 unspecified atom stereocenters. The first-order valence-electron chi connectivity index (χ1n) is 7.12. The molecule has 0 heterocycles. The average Bonchev–Trinajstić information content (AvgIpc) is 2.31. The van der Waals surface area contributed by atoms with Gasteiger partial charge in [-0.1, -0.05) is 44.9 Å². The van der Waals surface area contributed by atoms with Gasteiger partial charge in [-0.05, 0) is 50.0 Å². The van der Waals surface area contributed by atoms with Crippen LogP contribution in [0.5, 0.6) is 0 Å². The second-order valence-electron chi connectivity index (χ2n) is 5.64. The van der Waals surface area contributed by atoms with Gasteiger partial charge in [-0.2, -0.15) is 0 Å².